The Morgan fingerprint density at radius 3 is 2.95 bits per heavy atom. The van der Waals surface area contributed by atoms with Crippen LogP contribution in [0.25, 0.3) is 10.8 Å². The first kappa shape index (κ1) is 13.6. The van der Waals surface area contributed by atoms with Crippen molar-refractivity contribution >= 4 is 16.6 Å². The number of hydrogen-bond donors (Lipinski definition) is 2. The lowest BCUT2D eigenvalue weighted by molar-refractivity contribution is 0.415. The van der Waals surface area contributed by atoms with E-state index in [0.29, 0.717) is 5.92 Å². The monoisotopic (exact) mass is 259 g/mol. The van der Waals surface area contributed by atoms with Gasteiger partial charge in [0.05, 0.1) is 7.11 Å². The molecule has 0 saturated carbocycles. The number of fused-ring (bicyclic) bond motifs is 1. The van der Waals surface area contributed by atoms with Crippen LogP contribution in [0, 0.1) is 5.92 Å². The SMILES string of the molecule is COc1ccc2c(NCC(C)CCN)nccc2c1. The molecule has 1 aromatic heterocycles. The molecule has 0 aliphatic carbocycles. The standard InChI is InChI=1S/C15H21N3O/c1-11(5-7-16)10-18-15-14-4-3-13(19-2)9-12(14)6-8-17-15/h3-4,6,8-9,11H,5,7,10,16H2,1-2H3,(H,17,18). The van der Waals surface area contributed by atoms with Crippen LogP contribution < -0.4 is 15.8 Å². The summed E-state index contributed by atoms with van der Waals surface area (Å²) in [5.41, 5.74) is 5.56. The lowest BCUT2D eigenvalue weighted by Crippen LogP contribution is -2.15. The van der Waals surface area contributed by atoms with Crippen molar-refractivity contribution in [1.29, 1.82) is 0 Å². The number of pyridine rings is 1. The number of nitrogens with two attached hydrogens (primary N) is 1. The number of nitrogens with one attached hydrogen (secondary N) is 1. The molecule has 0 aliphatic heterocycles. The molecule has 1 atom stereocenters. The predicted molar refractivity (Wildman–Crippen MR) is 79.6 cm³/mol. The first-order valence-electron chi connectivity index (χ1n) is 6.61. The van der Waals surface area contributed by atoms with Gasteiger partial charge in [-0.3, -0.25) is 0 Å². The van der Waals surface area contributed by atoms with E-state index in [9.17, 15) is 0 Å². The molecule has 1 aromatic carbocycles. The van der Waals surface area contributed by atoms with Crippen LogP contribution >= 0.6 is 0 Å². The lowest BCUT2D eigenvalue weighted by atomic mass is 10.1. The quantitative estimate of drug-likeness (QED) is 0.837. The van der Waals surface area contributed by atoms with Crippen LogP contribution in [0.3, 0.4) is 0 Å². The van der Waals surface area contributed by atoms with Crippen molar-refractivity contribution in [3.8, 4) is 5.75 Å². The van der Waals surface area contributed by atoms with E-state index in [2.05, 4.69) is 17.2 Å². The fourth-order valence-electron chi connectivity index (χ4n) is 2.08. The molecule has 0 amide bonds. The second kappa shape index (κ2) is 6.38. The van der Waals surface area contributed by atoms with Crippen molar-refractivity contribution in [2.75, 3.05) is 25.5 Å². The smallest absolute Gasteiger partial charge is 0.133 e. The molecule has 102 valence electrons. The van der Waals surface area contributed by atoms with Gasteiger partial charge in [-0.15, -0.1) is 0 Å². The number of benzene rings is 1. The number of aromatic nitrogens is 1. The molecule has 1 heterocycles. The van der Waals surface area contributed by atoms with E-state index in [1.165, 1.54) is 0 Å². The second-order valence-corrected chi connectivity index (χ2v) is 4.81. The number of hydrogen-bond acceptors (Lipinski definition) is 4. The first-order chi connectivity index (χ1) is 9.24. The molecule has 2 rings (SSSR count). The normalized spacial score (nSPS) is 12.4. The molecule has 0 saturated heterocycles. The van der Waals surface area contributed by atoms with Gasteiger partial charge in [-0.25, -0.2) is 4.98 Å². The zero-order valence-electron chi connectivity index (χ0n) is 11.5. The molecule has 2 aromatic rings. The van der Waals surface area contributed by atoms with Gasteiger partial charge in [0.1, 0.15) is 11.6 Å². The van der Waals surface area contributed by atoms with E-state index in [1.807, 2.05) is 30.5 Å². The number of nitrogens with zero attached hydrogens (tertiary/aromatic N) is 1. The largest absolute Gasteiger partial charge is 0.497 e. The lowest BCUT2D eigenvalue weighted by Gasteiger charge is -2.13. The van der Waals surface area contributed by atoms with Gasteiger partial charge in [-0.1, -0.05) is 6.92 Å². The Hall–Kier alpha value is -1.81. The molecular weight excluding hydrogens is 238 g/mol. The van der Waals surface area contributed by atoms with Gasteiger partial charge in [-0.05, 0) is 48.5 Å². The van der Waals surface area contributed by atoms with Gasteiger partial charge in [0.2, 0.25) is 0 Å². The summed E-state index contributed by atoms with van der Waals surface area (Å²) >= 11 is 0. The highest BCUT2D eigenvalue weighted by Crippen LogP contribution is 2.25. The predicted octanol–water partition coefficient (Wildman–Crippen LogP) is 2.64. The summed E-state index contributed by atoms with van der Waals surface area (Å²) in [6.07, 6.45) is 2.84. The zero-order valence-corrected chi connectivity index (χ0v) is 11.5. The summed E-state index contributed by atoms with van der Waals surface area (Å²) in [7, 11) is 1.68. The highest BCUT2D eigenvalue weighted by atomic mass is 16.5. The van der Waals surface area contributed by atoms with Crippen molar-refractivity contribution in [2.45, 2.75) is 13.3 Å². The maximum absolute atomic E-state index is 5.56. The van der Waals surface area contributed by atoms with Crippen LogP contribution in [-0.4, -0.2) is 25.2 Å². The van der Waals surface area contributed by atoms with Gasteiger partial charge in [0.15, 0.2) is 0 Å². The van der Waals surface area contributed by atoms with Gasteiger partial charge in [-0.2, -0.15) is 0 Å². The topological polar surface area (TPSA) is 60.2 Å². The highest BCUT2D eigenvalue weighted by molar-refractivity contribution is 5.92. The molecule has 0 fully saturated rings. The summed E-state index contributed by atoms with van der Waals surface area (Å²) in [5.74, 6) is 2.32. The Bertz CT molecular complexity index is 542. The Morgan fingerprint density at radius 2 is 2.21 bits per heavy atom. The average molecular weight is 259 g/mol. The number of rotatable bonds is 6. The summed E-state index contributed by atoms with van der Waals surface area (Å²) in [4.78, 5) is 4.41. The Balaban J connectivity index is 2.19. The van der Waals surface area contributed by atoms with Gasteiger partial charge < -0.3 is 15.8 Å². The van der Waals surface area contributed by atoms with Crippen LogP contribution in [0.15, 0.2) is 30.5 Å². The summed E-state index contributed by atoms with van der Waals surface area (Å²) in [6.45, 7) is 3.80. The van der Waals surface area contributed by atoms with E-state index in [0.717, 1.165) is 41.9 Å². The molecule has 1 unspecified atom stereocenters. The van der Waals surface area contributed by atoms with Crippen molar-refractivity contribution in [3.05, 3.63) is 30.5 Å². The minimum atomic E-state index is 0.542. The molecule has 0 spiro atoms. The Kier molecular flexibility index (Phi) is 4.58. The van der Waals surface area contributed by atoms with E-state index >= 15 is 0 Å². The van der Waals surface area contributed by atoms with Gasteiger partial charge >= 0.3 is 0 Å². The second-order valence-electron chi connectivity index (χ2n) is 4.81. The number of ether oxygens (including phenoxy) is 1. The molecule has 4 heteroatoms. The molecule has 0 radical (unpaired) electrons. The fourth-order valence-corrected chi connectivity index (χ4v) is 2.08. The highest BCUT2D eigenvalue weighted by Gasteiger charge is 2.05. The molecule has 0 aliphatic rings. The Labute approximate surface area is 114 Å². The van der Waals surface area contributed by atoms with Crippen LogP contribution in [0.2, 0.25) is 0 Å². The first-order valence-corrected chi connectivity index (χ1v) is 6.61. The molecule has 0 bridgehead atoms. The van der Waals surface area contributed by atoms with E-state index < -0.39 is 0 Å². The minimum Gasteiger partial charge on any atom is -0.497 e. The maximum Gasteiger partial charge on any atom is 0.133 e. The fraction of sp³-hybridized carbons (Fsp3) is 0.400. The third-order valence-corrected chi connectivity index (χ3v) is 3.25. The maximum atomic E-state index is 5.56. The summed E-state index contributed by atoms with van der Waals surface area (Å²) in [5, 5.41) is 5.64. The Morgan fingerprint density at radius 1 is 1.37 bits per heavy atom. The van der Waals surface area contributed by atoms with Crippen LogP contribution in [0.5, 0.6) is 5.75 Å². The third kappa shape index (κ3) is 3.35. The zero-order chi connectivity index (χ0) is 13.7. The van der Waals surface area contributed by atoms with Gasteiger partial charge in [0, 0.05) is 18.1 Å². The van der Waals surface area contributed by atoms with E-state index in [1.54, 1.807) is 7.11 Å². The van der Waals surface area contributed by atoms with Crippen LogP contribution in [-0.2, 0) is 0 Å². The average Bonchev–Trinajstić information content (AvgIpc) is 2.44. The number of methoxy groups -OCH3 is 1. The van der Waals surface area contributed by atoms with E-state index in [4.69, 9.17) is 10.5 Å². The van der Waals surface area contributed by atoms with Crippen LogP contribution in [0.4, 0.5) is 5.82 Å². The molecule has 3 N–H and O–H groups in total. The van der Waals surface area contributed by atoms with Gasteiger partial charge in [0.25, 0.3) is 0 Å². The summed E-state index contributed by atoms with van der Waals surface area (Å²) < 4.78 is 5.24. The molecule has 4 nitrogen and oxygen atoms in total. The number of anilines is 1. The minimum absolute atomic E-state index is 0.542. The van der Waals surface area contributed by atoms with Crippen molar-refractivity contribution in [1.82, 2.24) is 4.98 Å². The van der Waals surface area contributed by atoms with Crippen molar-refractivity contribution < 1.29 is 4.74 Å². The van der Waals surface area contributed by atoms with E-state index in [-0.39, 0.29) is 0 Å². The van der Waals surface area contributed by atoms with Crippen LogP contribution in [0.1, 0.15) is 13.3 Å². The van der Waals surface area contributed by atoms with Crippen molar-refractivity contribution in [3.63, 3.8) is 0 Å². The molecule has 19 heavy (non-hydrogen) atoms. The third-order valence-electron chi connectivity index (χ3n) is 3.25. The molecular formula is C15H21N3O. The summed E-state index contributed by atoms with van der Waals surface area (Å²) in [6, 6.07) is 8.01. The van der Waals surface area contributed by atoms with Crippen molar-refractivity contribution in [2.24, 2.45) is 11.7 Å².